The molecule has 5 heteroatoms. The average molecular weight is 366 g/mol. The molecule has 1 aliphatic heterocycles. The molecular weight excluding hydrogens is 340 g/mol. The molecule has 0 radical (unpaired) electrons. The van der Waals surface area contributed by atoms with Crippen LogP contribution in [0.4, 0.5) is 5.69 Å². The summed E-state index contributed by atoms with van der Waals surface area (Å²) in [5, 5.41) is 12.3. The third-order valence-corrected chi connectivity index (χ3v) is 5.18. The van der Waals surface area contributed by atoms with Crippen LogP contribution in [0.15, 0.2) is 54.6 Å². The van der Waals surface area contributed by atoms with Crippen molar-refractivity contribution in [1.82, 2.24) is 5.32 Å². The highest BCUT2D eigenvalue weighted by Crippen LogP contribution is 2.45. The number of fused-ring (bicyclic) bond motifs is 1. The van der Waals surface area contributed by atoms with Gasteiger partial charge in [0, 0.05) is 19.2 Å². The molecule has 0 saturated heterocycles. The average Bonchev–Trinajstić information content (AvgIpc) is 2.85. The number of carbonyl (C=O) groups excluding carboxylic acids is 2. The summed E-state index contributed by atoms with van der Waals surface area (Å²) >= 11 is 0. The Kier molecular flexibility index (Phi) is 5.07. The molecule has 1 heterocycles. The third kappa shape index (κ3) is 3.60. The van der Waals surface area contributed by atoms with Gasteiger partial charge in [-0.25, -0.2) is 0 Å². The molecular formula is C22H26N2O3. The number of likely N-dealkylation sites (N-methyl/N-ethyl adjacent to an activating group) is 1. The van der Waals surface area contributed by atoms with E-state index in [2.05, 4.69) is 5.32 Å². The quantitative estimate of drug-likeness (QED) is 0.825. The summed E-state index contributed by atoms with van der Waals surface area (Å²) in [6.45, 7) is 3.34. The number of hydrogen-bond donors (Lipinski definition) is 2. The highest BCUT2D eigenvalue weighted by atomic mass is 16.3. The Balaban J connectivity index is 2.03. The van der Waals surface area contributed by atoms with Crippen LogP contribution in [-0.2, 0) is 21.4 Å². The molecule has 142 valence electrons. The number of hydrogen-bond acceptors (Lipinski definition) is 3. The topological polar surface area (TPSA) is 69.6 Å². The maximum absolute atomic E-state index is 13.4. The standard InChI is InChI=1S/C22H26N2O3/c1-21(2,15-25)23-19(26)14-22(13-16-9-5-4-6-10-16)17-11-7-8-12-18(17)24(3)20(22)27/h4-12,25H,13-15H2,1-3H3,(H,23,26)/t22-/m1/s1. The molecule has 1 aliphatic rings. The minimum absolute atomic E-state index is 0.0332. The molecule has 0 bridgehead atoms. The van der Waals surface area contributed by atoms with E-state index in [1.54, 1.807) is 25.8 Å². The molecule has 3 rings (SSSR count). The first-order valence-corrected chi connectivity index (χ1v) is 9.12. The lowest BCUT2D eigenvalue weighted by molar-refractivity contribution is -0.130. The molecule has 0 unspecified atom stereocenters. The summed E-state index contributed by atoms with van der Waals surface area (Å²) < 4.78 is 0. The van der Waals surface area contributed by atoms with Crippen LogP contribution in [0.5, 0.6) is 0 Å². The van der Waals surface area contributed by atoms with E-state index in [1.807, 2.05) is 54.6 Å². The van der Waals surface area contributed by atoms with E-state index in [0.29, 0.717) is 6.42 Å². The van der Waals surface area contributed by atoms with Gasteiger partial charge in [-0.15, -0.1) is 0 Å². The molecule has 5 nitrogen and oxygen atoms in total. The highest BCUT2D eigenvalue weighted by molar-refractivity contribution is 6.10. The van der Waals surface area contributed by atoms with E-state index in [9.17, 15) is 14.7 Å². The molecule has 0 saturated carbocycles. The smallest absolute Gasteiger partial charge is 0.238 e. The van der Waals surface area contributed by atoms with Crippen LogP contribution < -0.4 is 10.2 Å². The van der Waals surface area contributed by atoms with Crippen LogP contribution in [0, 0.1) is 0 Å². The molecule has 0 aliphatic carbocycles. The summed E-state index contributed by atoms with van der Waals surface area (Å²) in [7, 11) is 1.75. The number of nitrogens with one attached hydrogen (secondary N) is 1. The summed E-state index contributed by atoms with van der Waals surface area (Å²) in [6.07, 6.45) is 0.479. The van der Waals surface area contributed by atoms with Crippen molar-refractivity contribution in [2.24, 2.45) is 0 Å². The van der Waals surface area contributed by atoms with Gasteiger partial charge < -0.3 is 15.3 Å². The second-order valence-electron chi connectivity index (χ2n) is 7.89. The zero-order valence-corrected chi connectivity index (χ0v) is 16.0. The Morgan fingerprint density at radius 1 is 1.11 bits per heavy atom. The van der Waals surface area contributed by atoms with E-state index in [4.69, 9.17) is 0 Å². The minimum atomic E-state index is -0.956. The number of amides is 2. The maximum atomic E-state index is 13.4. The minimum Gasteiger partial charge on any atom is -0.394 e. The van der Waals surface area contributed by atoms with Gasteiger partial charge in [0.1, 0.15) is 0 Å². The summed E-state index contributed by atoms with van der Waals surface area (Å²) in [5.41, 5.74) is 1.02. The van der Waals surface area contributed by atoms with Crippen molar-refractivity contribution in [3.63, 3.8) is 0 Å². The number of para-hydroxylation sites is 1. The Bertz CT molecular complexity index is 848. The predicted octanol–water partition coefficient (Wildman–Crippen LogP) is 2.42. The Hall–Kier alpha value is -2.66. The number of aliphatic hydroxyl groups is 1. The first kappa shape index (κ1) is 19.1. The van der Waals surface area contributed by atoms with Crippen molar-refractivity contribution < 1.29 is 14.7 Å². The van der Waals surface area contributed by atoms with Gasteiger partial charge in [-0.2, -0.15) is 0 Å². The van der Waals surface area contributed by atoms with Crippen molar-refractivity contribution in [1.29, 1.82) is 0 Å². The lowest BCUT2D eigenvalue weighted by atomic mass is 9.73. The molecule has 1 atom stereocenters. The van der Waals surface area contributed by atoms with E-state index >= 15 is 0 Å². The Morgan fingerprint density at radius 2 is 1.74 bits per heavy atom. The van der Waals surface area contributed by atoms with Crippen molar-refractivity contribution >= 4 is 17.5 Å². The van der Waals surface area contributed by atoms with Gasteiger partial charge in [0.15, 0.2) is 0 Å². The summed E-state index contributed by atoms with van der Waals surface area (Å²) in [5.74, 6) is -0.326. The first-order chi connectivity index (χ1) is 12.8. The van der Waals surface area contributed by atoms with Gasteiger partial charge in [0.25, 0.3) is 0 Å². The van der Waals surface area contributed by atoms with Gasteiger partial charge in [-0.05, 0) is 37.5 Å². The number of aliphatic hydroxyl groups excluding tert-OH is 1. The van der Waals surface area contributed by atoms with Crippen LogP contribution >= 0.6 is 0 Å². The van der Waals surface area contributed by atoms with Gasteiger partial charge in [0.05, 0.1) is 17.6 Å². The number of nitrogens with zero attached hydrogens (tertiary/aromatic N) is 1. The molecule has 2 amide bonds. The largest absolute Gasteiger partial charge is 0.394 e. The number of anilines is 1. The Morgan fingerprint density at radius 3 is 2.41 bits per heavy atom. The van der Waals surface area contributed by atoms with E-state index in [0.717, 1.165) is 16.8 Å². The monoisotopic (exact) mass is 366 g/mol. The van der Waals surface area contributed by atoms with Gasteiger partial charge in [-0.3, -0.25) is 9.59 Å². The summed E-state index contributed by atoms with van der Waals surface area (Å²) in [4.78, 5) is 27.8. The van der Waals surface area contributed by atoms with Crippen LogP contribution in [0.2, 0.25) is 0 Å². The second-order valence-corrected chi connectivity index (χ2v) is 7.89. The van der Waals surface area contributed by atoms with Crippen LogP contribution in [0.1, 0.15) is 31.4 Å². The number of carbonyl (C=O) groups is 2. The van der Waals surface area contributed by atoms with Gasteiger partial charge in [-0.1, -0.05) is 48.5 Å². The van der Waals surface area contributed by atoms with Crippen molar-refractivity contribution in [2.75, 3.05) is 18.6 Å². The number of rotatable bonds is 6. The zero-order valence-electron chi connectivity index (χ0n) is 16.0. The molecule has 0 spiro atoms. The molecule has 2 aromatic rings. The lowest BCUT2D eigenvalue weighted by Gasteiger charge is -2.30. The fraction of sp³-hybridized carbons (Fsp3) is 0.364. The third-order valence-electron chi connectivity index (χ3n) is 5.18. The van der Waals surface area contributed by atoms with E-state index in [-0.39, 0.29) is 24.8 Å². The fourth-order valence-corrected chi connectivity index (χ4v) is 3.80. The van der Waals surface area contributed by atoms with E-state index in [1.165, 1.54) is 0 Å². The van der Waals surface area contributed by atoms with Crippen molar-refractivity contribution in [3.05, 3.63) is 65.7 Å². The first-order valence-electron chi connectivity index (χ1n) is 9.12. The second kappa shape index (κ2) is 7.16. The zero-order chi connectivity index (χ0) is 19.7. The molecule has 27 heavy (non-hydrogen) atoms. The normalized spacial score (nSPS) is 19.1. The van der Waals surface area contributed by atoms with Gasteiger partial charge >= 0.3 is 0 Å². The molecule has 0 fully saturated rings. The van der Waals surface area contributed by atoms with Crippen LogP contribution in [0.25, 0.3) is 0 Å². The van der Waals surface area contributed by atoms with Gasteiger partial charge in [0.2, 0.25) is 11.8 Å². The molecule has 0 aromatic heterocycles. The van der Waals surface area contributed by atoms with E-state index < -0.39 is 11.0 Å². The molecule has 2 aromatic carbocycles. The lowest BCUT2D eigenvalue weighted by Crippen LogP contribution is -2.50. The number of benzene rings is 2. The van der Waals surface area contributed by atoms with Crippen LogP contribution in [0.3, 0.4) is 0 Å². The fourth-order valence-electron chi connectivity index (χ4n) is 3.80. The SMILES string of the molecule is CN1C(=O)[C@@](CC(=O)NC(C)(C)CO)(Cc2ccccc2)c2ccccc21. The predicted molar refractivity (Wildman–Crippen MR) is 106 cm³/mol. The summed E-state index contributed by atoms with van der Waals surface area (Å²) in [6, 6.07) is 17.4. The molecule has 2 N–H and O–H groups in total. The van der Waals surface area contributed by atoms with Crippen molar-refractivity contribution in [2.45, 2.75) is 37.6 Å². The maximum Gasteiger partial charge on any atom is 0.238 e. The highest BCUT2D eigenvalue weighted by Gasteiger charge is 2.51. The van der Waals surface area contributed by atoms with Crippen molar-refractivity contribution in [3.8, 4) is 0 Å². The van der Waals surface area contributed by atoms with Crippen LogP contribution in [-0.4, -0.2) is 36.1 Å². The Labute approximate surface area is 160 Å².